The average molecular weight is 439 g/mol. The van der Waals surface area contributed by atoms with Crippen molar-refractivity contribution in [2.45, 2.75) is 18.2 Å². The highest BCUT2D eigenvalue weighted by atomic mass is 35.5. The number of benzene rings is 2. The Morgan fingerprint density at radius 2 is 1.86 bits per heavy atom. The van der Waals surface area contributed by atoms with Gasteiger partial charge in [0, 0.05) is 29.1 Å². The van der Waals surface area contributed by atoms with E-state index >= 15 is 0 Å². The average Bonchev–Trinajstić information content (AvgIpc) is 2.95. The van der Waals surface area contributed by atoms with Crippen molar-refractivity contribution in [3.8, 4) is 22.8 Å². The summed E-state index contributed by atoms with van der Waals surface area (Å²) < 4.78 is 39.4. The lowest BCUT2D eigenvalue weighted by Gasteiger charge is -2.12. The Bertz CT molecular complexity index is 1080. The predicted octanol–water partition coefficient (Wildman–Crippen LogP) is 4.50. The van der Waals surface area contributed by atoms with Crippen molar-refractivity contribution in [1.29, 1.82) is 0 Å². The van der Waals surface area contributed by atoms with Gasteiger partial charge in [-0.1, -0.05) is 12.1 Å². The van der Waals surface area contributed by atoms with E-state index in [1.165, 1.54) is 12.1 Å². The summed E-state index contributed by atoms with van der Waals surface area (Å²) in [6.45, 7) is 2.99. The number of anilines is 1. The van der Waals surface area contributed by atoms with Gasteiger partial charge in [-0.3, -0.25) is 4.72 Å². The summed E-state index contributed by atoms with van der Waals surface area (Å²) in [5.74, 6) is 1.01. The zero-order valence-corrected chi connectivity index (χ0v) is 17.5. The van der Waals surface area contributed by atoms with E-state index < -0.39 is 10.0 Å². The standard InChI is InChI=1S/C19H18N2O4S2.ClH/c1-13-20-17(12-26-13)14-4-2-5-15(10-14)21-27(22,23)16-6-7-18-19(11-16)25-9-3-8-24-18;/h2,4-7,10-12,21H,3,8-9H2,1H3;1H. The first-order valence-electron chi connectivity index (χ1n) is 8.46. The molecule has 1 aliphatic rings. The zero-order chi connectivity index (χ0) is 18.9. The van der Waals surface area contributed by atoms with Crippen LogP contribution in [0, 0.1) is 6.92 Å². The highest BCUT2D eigenvalue weighted by molar-refractivity contribution is 7.92. The van der Waals surface area contributed by atoms with Crippen LogP contribution in [0.3, 0.4) is 0 Å². The van der Waals surface area contributed by atoms with Crippen LogP contribution in [0.25, 0.3) is 11.3 Å². The van der Waals surface area contributed by atoms with Gasteiger partial charge in [0.25, 0.3) is 10.0 Å². The van der Waals surface area contributed by atoms with Crippen molar-refractivity contribution >= 4 is 39.5 Å². The third-order valence-corrected chi connectivity index (χ3v) is 6.21. The van der Waals surface area contributed by atoms with Crippen LogP contribution in [0.15, 0.2) is 52.7 Å². The van der Waals surface area contributed by atoms with Gasteiger partial charge in [0.2, 0.25) is 0 Å². The number of thiazole rings is 1. The number of rotatable bonds is 4. The number of nitrogens with one attached hydrogen (secondary N) is 1. The van der Waals surface area contributed by atoms with Gasteiger partial charge in [0.1, 0.15) is 0 Å². The van der Waals surface area contributed by atoms with Crippen LogP contribution in [0.1, 0.15) is 11.4 Å². The zero-order valence-electron chi connectivity index (χ0n) is 15.0. The Morgan fingerprint density at radius 1 is 1.07 bits per heavy atom. The number of nitrogens with zero attached hydrogens (tertiary/aromatic N) is 1. The quantitative estimate of drug-likeness (QED) is 0.648. The van der Waals surface area contributed by atoms with Crippen molar-refractivity contribution in [2.24, 2.45) is 0 Å². The highest BCUT2D eigenvalue weighted by Gasteiger charge is 2.19. The molecule has 0 fully saturated rings. The second-order valence-electron chi connectivity index (χ2n) is 6.10. The molecule has 0 bridgehead atoms. The fraction of sp³-hybridized carbons (Fsp3) is 0.211. The third kappa shape index (κ3) is 4.40. The fourth-order valence-electron chi connectivity index (χ4n) is 2.76. The van der Waals surface area contributed by atoms with E-state index in [0.717, 1.165) is 22.7 Å². The normalized spacial score (nSPS) is 13.3. The Labute approximate surface area is 174 Å². The van der Waals surface area contributed by atoms with Gasteiger partial charge < -0.3 is 9.47 Å². The first kappa shape index (κ1) is 20.4. The van der Waals surface area contributed by atoms with E-state index in [1.807, 2.05) is 18.4 Å². The van der Waals surface area contributed by atoms with E-state index in [-0.39, 0.29) is 17.3 Å². The summed E-state index contributed by atoms with van der Waals surface area (Å²) in [7, 11) is -3.76. The number of ether oxygens (including phenoxy) is 2. The molecule has 2 heterocycles. The third-order valence-electron chi connectivity index (χ3n) is 4.06. The summed E-state index contributed by atoms with van der Waals surface area (Å²) in [6, 6.07) is 11.8. The second-order valence-corrected chi connectivity index (χ2v) is 8.84. The Morgan fingerprint density at radius 3 is 2.61 bits per heavy atom. The maximum atomic E-state index is 12.8. The van der Waals surface area contributed by atoms with Gasteiger partial charge >= 0.3 is 0 Å². The maximum Gasteiger partial charge on any atom is 0.262 e. The number of hydrogen-bond donors (Lipinski definition) is 1. The summed E-state index contributed by atoms with van der Waals surface area (Å²) in [4.78, 5) is 4.57. The van der Waals surface area contributed by atoms with Crippen LogP contribution in [-0.2, 0) is 10.0 Å². The Kier molecular flexibility index (Phi) is 6.12. The SMILES string of the molecule is Cc1nc(-c2cccc(NS(=O)(=O)c3ccc4c(c3)OCCCO4)c2)cs1.Cl. The molecule has 1 N–H and O–H groups in total. The van der Waals surface area contributed by atoms with Gasteiger partial charge in [-0.25, -0.2) is 13.4 Å². The minimum absolute atomic E-state index is 0. The number of aryl methyl sites for hydroxylation is 1. The first-order chi connectivity index (χ1) is 13.0. The van der Waals surface area contributed by atoms with E-state index in [9.17, 15) is 8.42 Å². The van der Waals surface area contributed by atoms with Crippen LogP contribution < -0.4 is 14.2 Å². The number of hydrogen-bond acceptors (Lipinski definition) is 6. The molecule has 0 amide bonds. The molecule has 0 unspecified atom stereocenters. The molecule has 2 aromatic carbocycles. The number of halogens is 1. The number of aromatic nitrogens is 1. The van der Waals surface area contributed by atoms with Crippen LogP contribution in [-0.4, -0.2) is 26.6 Å². The monoisotopic (exact) mass is 438 g/mol. The molecule has 0 saturated carbocycles. The van der Waals surface area contributed by atoms with Crippen molar-refractivity contribution in [2.75, 3.05) is 17.9 Å². The van der Waals surface area contributed by atoms with Gasteiger partial charge in [0.15, 0.2) is 11.5 Å². The maximum absolute atomic E-state index is 12.8. The molecule has 0 spiro atoms. The molecule has 1 aliphatic heterocycles. The molecule has 28 heavy (non-hydrogen) atoms. The number of sulfonamides is 1. The molecular weight excluding hydrogens is 420 g/mol. The lowest BCUT2D eigenvalue weighted by atomic mass is 10.1. The van der Waals surface area contributed by atoms with Crippen molar-refractivity contribution in [3.63, 3.8) is 0 Å². The summed E-state index contributed by atoms with van der Waals surface area (Å²) in [6.07, 6.45) is 0.762. The molecule has 6 nitrogen and oxygen atoms in total. The minimum atomic E-state index is -3.76. The first-order valence-corrected chi connectivity index (χ1v) is 10.8. The van der Waals surface area contributed by atoms with Gasteiger partial charge in [-0.2, -0.15) is 0 Å². The fourth-order valence-corrected chi connectivity index (χ4v) is 4.45. The van der Waals surface area contributed by atoms with E-state index in [2.05, 4.69) is 9.71 Å². The molecule has 3 aromatic rings. The molecule has 0 atom stereocenters. The van der Waals surface area contributed by atoms with E-state index in [4.69, 9.17) is 9.47 Å². The Balaban J connectivity index is 0.00000225. The summed E-state index contributed by atoms with van der Waals surface area (Å²) in [5.41, 5.74) is 2.16. The Hall–Kier alpha value is -2.29. The lowest BCUT2D eigenvalue weighted by Crippen LogP contribution is -2.13. The van der Waals surface area contributed by atoms with Gasteiger partial charge in [0.05, 0.1) is 28.8 Å². The summed E-state index contributed by atoms with van der Waals surface area (Å²) in [5, 5.41) is 2.91. The molecule has 4 rings (SSSR count). The largest absolute Gasteiger partial charge is 0.490 e. The number of fused-ring (bicyclic) bond motifs is 1. The smallest absolute Gasteiger partial charge is 0.262 e. The molecule has 1 aromatic heterocycles. The van der Waals surface area contributed by atoms with E-state index in [0.29, 0.717) is 30.4 Å². The van der Waals surface area contributed by atoms with Crippen molar-refractivity contribution in [1.82, 2.24) is 4.98 Å². The van der Waals surface area contributed by atoms with Crippen LogP contribution in [0.2, 0.25) is 0 Å². The molecule has 0 radical (unpaired) electrons. The molecule has 0 saturated heterocycles. The molecule has 148 valence electrons. The van der Waals surface area contributed by atoms with Crippen molar-refractivity contribution < 1.29 is 17.9 Å². The van der Waals surface area contributed by atoms with Crippen LogP contribution in [0.5, 0.6) is 11.5 Å². The highest BCUT2D eigenvalue weighted by Crippen LogP contribution is 2.33. The van der Waals surface area contributed by atoms with Crippen molar-refractivity contribution in [3.05, 3.63) is 52.9 Å². The second kappa shape index (κ2) is 8.38. The minimum Gasteiger partial charge on any atom is -0.490 e. The van der Waals surface area contributed by atoms with Crippen LogP contribution >= 0.6 is 23.7 Å². The summed E-state index contributed by atoms with van der Waals surface area (Å²) >= 11 is 1.55. The van der Waals surface area contributed by atoms with Gasteiger partial charge in [-0.05, 0) is 31.2 Å². The topological polar surface area (TPSA) is 77.5 Å². The predicted molar refractivity (Wildman–Crippen MR) is 112 cm³/mol. The molecular formula is C19H19ClN2O4S2. The molecule has 0 aliphatic carbocycles. The van der Waals surface area contributed by atoms with Gasteiger partial charge in [-0.15, -0.1) is 23.7 Å². The molecule has 9 heteroatoms. The van der Waals surface area contributed by atoms with Crippen LogP contribution in [0.4, 0.5) is 5.69 Å². The van der Waals surface area contributed by atoms with E-state index in [1.54, 1.807) is 35.6 Å². The lowest BCUT2D eigenvalue weighted by molar-refractivity contribution is 0.297.